The summed E-state index contributed by atoms with van der Waals surface area (Å²) in [5, 5.41) is -0.664. The van der Waals surface area contributed by atoms with E-state index in [1.165, 1.54) is 19.2 Å². The van der Waals surface area contributed by atoms with Gasteiger partial charge in [0.05, 0.1) is 12.4 Å². The molecule has 0 spiro atoms. The smallest absolute Gasteiger partial charge is 0.165 e. The second-order valence-corrected chi connectivity index (χ2v) is 6.77. The molecule has 4 nitrogen and oxygen atoms in total. The maximum absolute atomic E-state index is 13.5. The Bertz CT molecular complexity index is 516. The summed E-state index contributed by atoms with van der Waals surface area (Å²) in [7, 11) is -1.80. The molecule has 0 aliphatic rings. The van der Waals surface area contributed by atoms with E-state index in [9.17, 15) is 12.8 Å². The van der Waals surface area contributed by atoms with Crippen LogP contribution in [0.5, 0.6) is 5.75 Å². The second kappa shape index (κ2) is 5.67. The molecule has 0 fully saturated rings. The van der Waals surface area contributed by atoms with Gasteiger partial charge in [-0.15, -0.1) is 0 Å². The highest BCUT2D eigenvalue weighted by atomic mass is 32.2. The predicted molar refractivity (Wildman–Crippen MR) is 68.9 cm³/mol. The largest absolute Gasteiger partial charge is 0.494 e. The Morgan fingerprint density at radius 3 is 2.50 bits per heavy atom. The van der Waals surface area contributed by atoms with E-state index in [2.05, 4.69) is 0 Å². The molecular weight excluding hydrogens is 257 g/mol. The predicted octanol–water partition coefficient (Wildman–Crippen LogP) is 1.14. The standard InChI is InChI=1S/C12H18FNO3S/c1-8(18(3,15)16)11(14)7-9-4-5-12(17-2)10(13)6-9/h4-6,8,11H,7,14H2,1-3H3. The highest BCUT2D eigenvalue weighted by molar-refractivity contribution is 7.91. The Kier molecular flexibility index (Phi) is 4.70. The van der Waals surface area contributed by atoms with Crippen molar-refractivity contribution < 1.29 is 17.5 Å². The van der Waals surface area contributed by atoms with E-state index in [-0.39, 0.29) is 5.75 Å². The number of nitrogens with two attached hydrogens (primary N) is 1. The molecule has 1 rings (SSSR count). The SMILES string of the molecule is COc1ccc(CC(N)C(C)S(C)(=O)=O)cc1F. The molecule has 0 aliphatic heterocycles. The lowest BCUT2D eigenvalue weighted by Crippen LogP contribution is -2.39. The summed E-state index contributed by atoms with van der Waals surface area (Å²) in [5.41, 5.74) is 6.47. The van der Waals surface area contributed by atoms with Crippen LogP contribution in [0, 0.1) is 5.82 Å². The molecule has 0 aromatic heterocycles. The van der Waals surface area contributed by atoms with Gasteiger partial charge in [0, 0.05) is 12.3 Å². The van der Waals surface area contributed by atoms with Gasteiger partial charge < -0.3 is 10.5 Å². The highest BCUT2D eigenvalue weighted by Crippen LogP contribution is 2.19. The Hall–Kier alpha value is -1.14. The van der Waals surface area contributed by atoms with Crippen LogP contribution in [0.3, 0.4) is 0 Å². The third kappa shape index (κ3) is 3.68. The molecule has 1 aromatic rings. The first-order valence-electron chi connectivity index (χ1n) is 5.52. The molecule has 0 heterocycles. The molecule has 0 aliphatic carbocycles. The topological polar surface area (TPSA) is 69.4 Å². The Labute approximate surface area is 107 Å². The summed E-state index contributed by atoms with van der Waals surface area (Å²) < 4.78 is 41.0. The molecule has 0 bridgehead atoms. The first-order chi connectivity index (χ1) is 8.25. The van der Waals surface area contributed by atoms with E-state index >= 15 is 0 Å². The Balaban J connectivity index is 2.82. The van der Waals surface area contributed by atoms with Crippen LogP contribution in [0.1, 0.15) is 12.5 Å². The van der Waals surface area contributed by atoms with Crippen molar-refractivity contribution in [2.75, 3.05) is 13.4 Å². The van der Waals surface area contributed by atoms with E-state index < -0.39 is 26.9 Å². The molecule has 1 aromatic carbocycles. The number of hydrogen-bond donors (Lipinski definition) is 1. The van der Waals surface area contributed by atoms with E-state index in [4.69, 9.17) is 10.5 Å². The van der Waals surface area contributed by atoms with E-state index in [0.717, 1.165) is 6.26 Å². The van der Waals surface area contributed by atoms with Crippen molar-refractivity contribution in [1.29, 1.82) is 0 Å². The van der Waals surface area contributed by atoms with Crippen LogP contribution < -0.4 is 10.5 Å². The summed E-state index contributed by atoms with van der Waals surface area (Å²) in [4.78, 5) is 0. The molecule has 2 atom stereocenters. The van der Waals surface area contributed by atoms with Crippen LogP contribution in [-0.4, -0.2) is 33.1 Å². The Morgan fingerprint density at radius 1 is 1.44 bits per heavy atom. The minimum atomic E-state index is -3.19. The van der Waals surface area contributed by atoms with Crippen molar-refractivity contribution >= 4 is 9.84 Å². The molecule has 18 heavy (non-hydrogen) atoms. The van der Waals surface area contributed by atoms with Gasteiger partial charge in [-0.05, 0) is 31.0 Å². The third-order valence-corrected chi connectivity index (χ3v) is 4.67. The number of sulfone groups is 1. The van der Waals surface area contributed by atoms with E-state index in [1.54, 1.807) is 13.0 Å². The molecule has 2 unspecified atom stereocenters. The number of ether oxygens (including phenoxy) is 1. The van der Waals surface area contributed by atoms with Crippen LogP contribution in [0.15, 0.2) is 18.2 Å². The van der Waals surface area contributed by atoms with Crippen LogP contribution in [0.4, 0.5) is 4.39 Å². The van der Waals surface area contributed by atoms with Gasteiger partial charge in [0.25, 0.3) is 0 Å². The molecule has 0 radical (unpaired) electrons. The van der Waals surface area contributed by atoms with Gasteiger partial charge in [-0.25, -0.2) is 12.8 Å². The first kappa shape index (κ1) is 14.9. The summed E-state index contributed by atoms with van der Waals surface area (Å²) in [6, 6.07) is 3.93. The minimum Gasteiger partial charge on any atom is -0.494 e. The lowest BCUT2D eigenvalue weighted by molar-refractivity contribution is 0.386. The zero-order chi connectivity index (χ0) is 13.9. The number of halogens is 1. The minimum absolute atomic E-state index is 0.156. The molecule has 6 heteroatoms. The lowest BCUT2D eigenvalue weighted by Gasteiger charge is -2.18. The molecular formula is C12H18FNO3S. The van der Waals surface area contributed by atoms with Gasteiger partial charge in [0.2, 0.25) is 0 Å². The van der Waals surface area contributed by atoms with E-state index in [0.29, 0.717) is 12.0 Å². The van der Waals surface area contributed by atoms with Crippen molar-refractivity contribution in [3.63, 3.8) is 0 Å². The summed E-state index contributed by atoms with van der Waals surface area (Å²) in [6.45, 7) is 1.56. The zero-order valence-corrected chi connectivity index (χ0v) is 11.5. The number of methoxy groups -OCH3 is 1. The molecule has 0 amide bonds. The van der Waals surface area contributed by atoms with Crippen LogP contribution in [-0.2, 0) is 16.3 Å². The van der Waals surface area contributed by atoms with Crippen LogP contribution in [0.2, 0.25) is 0 Å². The zero-order valence-electron chi connectivity index (χ0n) is 10.7. The maximum Gasteiger partial charge on any atom is 0.165 e. The summed E-state index contributed by atoms with van der Waals surface area (Å²) >= 11 is 0. The van der Waals surface area contributed by atoms with Gasteiger partial charge in [0.1, 0.15) is 0 Å². The quantitative estimate of drug-likeness (QED) is 0.875. The highest BCUT2D eigenvalue weighted by Gasteiger charge is 2.23. The summed E-state index contributed by atoms with van der Waals surface area (Å²) in [5.74, 6) is -0.322. The van der Waals surface area contributed by atoms with Gasteiger partial charge >= 0.3 is 0 Å². The second-order valence-electron chi connectivity index (χ2n) is 4.37. The fraction of sp³-hybridized carbons (Fsp3) is 0.500. The summed E-state index contributed by atoms with van der Waals surface area (Å²) in [6.07, 6.45) is 1.45. The molecule has 0 saturated carbocycles. The molecule has 102 valence electrons. The van der Waals surface area contributed by atoms with Crippen LogP contribution >= 0.6 is 0 Å². The lowest BCUT2D eigenvalue weighted by atomic mass is 10.0. The van der Waals surface area contributed by atoms with Crippen molar-refractivity contribution in [3.8, 4) is 5.75 Å². The van der Waals surface area contributed by atoms with E-state index in [1.807, 2.05) is 0 Å². The van der Waals surface area contributed by atoms with Gasteiger partial charge in [-0.1, -0.05) is 6.07 Å². The van der Waals surface area contributed by atoms with Crippen molar-refractivity contribution in [3.05, 3.63) is 29.6 Å². The fourth-order valence-corrected chi connectivity index (χ4v) is 2.32. The molecule has 0 saturated heterocycles. The Morgan fingerprint density at radius 2 is 2.06 bits per heavy atom. The van der Waals surface area contributed by atoms with Gasteiger partial charge in [0.15, 0.2) is 21.4 Å². The van der Waals surface area contributed by atoms with Crippen molar-refractivity contribution in [2.45, 2.75) is 24.6 Å². The average molecular weight is 275 g/mol. The monoisotopic (exact) mass is 275 g/mol. The van der Waals surface area contributed by atoms with Gasteiger partial charge in [-0.2, -0.15) is 0 Å². The average Bonchev–Trinajstić information content (AvgIpc) is 2.27. The van der Waals surface area contributed by atoms with Crippen LogP contribution in [0.25, 0.3) is 0 Å². The number of rotatable bonds is 5. The fourth-order valence-electron chi connectivity index (χ4n) is 1.59. The van der Waals surface area contributed by atoms with Crippen molar-refractivity contribution in [2.24, 2.45) is 5.73 Å². The van der Waals surface area contributed by atoms with Gasteiger partial charge in [-0.3, -0.25) is 0 Å². The maximum atomic E-state index is 13.5. The normalized spacial score (nSPS) is 15.2. The van der Waals surface area contributed by atoms with Crippen molar-refractivity contribution in [1.82, 2.24) is 0 Å². The number of hydrogen-bond acceptors (Lipinski definition) is 4. The third-order valence-electron chi connectivity index (χ3n) is 2.97. The first-order valence-corrected chi connectivity index (χ1v) is 7.48. The number of benzene rings is 1. The molecule has 2 N–H and O–H groups in total.